The van der Waals surface area contributed by atoms with Crippen LogP contribution in [-0.4, -0.2) is 53.2 Å². The van der Waals surface area contributed by atoms with Gasteiger partial charge < -0.3 is 24.6 Å². The maximum absolute atomic E-state index is 14.1. The Kier molecular flexibility index (Phi) is 5.72. The minimum atomic E-state index is -0.953. The van der Waals surface area contributed by atoms with Gasteiger partial charge in [0.05, 0.1) is 17.2 Å². The van der Waals surface area contributed by atoms with Crippen LogP contribution in [0, 0.1) is 11.7 Å². The summed E-state index contributed by atoms with van der Waals surface area (Å²) in [7, 11) is 1.58. The van der Waals surface area contributed by atoms with Crippen molar-refractivity contribution >= 4 is 23.4 Å². The number of methoxy groups -OCH3 is 1. The minimum Gasteiger partial charge on any atom is -0.503 e. The first-order valence-electron chi connectivity index (χ1n) is 10.2. The molecule has 1 fully saturated rings. The van der Waals surface area contributed by atoms with Crippen molar-refractivity contribution in [1.29, 1.82) is 0 Å². The van der Waals surface area contributed by atoms with E-state index in [1.165, 1.54) is 18.3 Å². The highest BCUT2D eigenvalue weighted by Crippen LogP contribution is 2.54. The fourth-order valence-electron chi connectivity index (χ4n) is 4.43. The number of hydrogen-bond acceptors (Lipinski definition) is 5. The number of carbonyl (C=O) groups is 2. The van der Waals surface area contributed by atoms with E-state index >= 15 is 0 Å². The van der Waals surface area contributed by atoms with Crippen molar-refractivity contribution in [1.82, 2.24) is 14.8 Å². The molecule has 0 saturated heterocycles. The zero-order chi connectivity index (χ0) is 23.2. The van der Waals surface area contributed by atoms with Crippen LogP contribution >= 0.6 is 11.6 Å². The van der Waals surface area contributed by atoms with Crippen LogP contribution in [0.1, 0.15) is 39.8 Å². The van der Waals surface area contributed by atoms with Crippen molar-refractivity contribution in [2.75, 3.05) is 26.8 Å². The molecule has 2 amide bonds. The number of pyridine rings is 1. The molecule has 32 heavy (non-hydrogen) atoms. The number of hydrogen-bond donors (Lipinski definition) is 2. The smallest absolute Gasteiger partial charge is 0.274 e. The SMILES string of the molecule is CCN1CC2(CC2COC)n2cc(C(=O)NCc3cccc(Cl)c3F)c(=O)c(O)c2C1=O. The van der Waals surface area contributed by atoms with Crippen molar-refractivity contribution in [3.63, 3.8) is 0 Å². The molecule has 1 saturated carbocycles. The molecule has 2 N–H and O–H groups in total. The fraction of sp³-hybridized carbons (Fsp3) is 0.409. The Morgan fingerprint density at radius 3 is 2.84 bits per heavy atom. The molecule has 1 aliphatic carbocycles. The van der Waals surface area contributed by atoms with Crippen LogP contribution < -0.4 is 10.7 Å². The molecule has 2 unspecified atom stereocenters. The number of halogens is 2. The Morgan fingerprint density at radius 2 is 2.16 bits per heavy atom. The van der Waals surface area contributed by atoms with Gasteiger partial charge in [-0.25, -0.2) is 4.39 Å². The Balaban J connectivity index is 1.71. The quantitative estimate of drug-likeness (QED) is 0.683. The zero-order valence-electron chi connectivity index (χ0n) is 17.7. The van der Waals surface area contributed by atoms with Crippen LogP contribution in [0.3, 0.4) is 0 Å². The van der Waals surface area contributed by atoms with Gasteiger partial charge in [-0.3, -0.25) is 14.4 Å². The standard InChI is InChI=1S/C22H23ClFN3O5/c1-3-26-11-22(7-13(22)10-32-2)27-9-14(18(28)19(29)17(27)21(26)31)20(30)25-8-12-5-4-6-15(23)16(12)24/h4-6,9,13,29H,3,7-8,10-11H2,1-2H3,(H,25,30). The van der Waals surface area contributed by atoms with Gasteiger partial charge in [0.1, 0.15) is 11.4 Å². The van der Waals surface area contributed by atoms with Gasteiger partial charge in [-0.1, -0.05) is 23.7 Å². The molecule has 2 aromatic rings. The molecule has 4 rings (SSSR count). The fourth-order valence-corrected chi connectivity index (χ4v) is 4.62. The second-order valence-electron chi connectivity index (χ2n) is 8.11. The number of fused-ring (bicyclic) bond motifs is 2. The summed E-state index contributed by atoms with van der Waals surface area (Å²) < 4.78 is 20.9. The number of benzene rings is 1. The number of nitrogens with one attached hydrogen (secondary N) is 1. The van der Waals surface area contributed by atoms with E-state index in [1.54, 1.807) is 22.6 Å². The molecule has 10 heteroatoms. The minimum absolute atomic E-state index is 0.0618. The van der Waals surface area contributed by atoms with Crippen LogP contribution in [0.5, 0.6) is 5.75 Å². The van der Waals surface area contributed by atoms with E-state index in [0.29, 0.717) is 26.1 Å². The summed E-state index contributed by atoms with van der Waals surface area (Å²) >= 11 is 5.77. The van der Waals surface area contributed by atoms with Gasteiger partial charge in [-0.05, 0) is 19.4 Å². The summed E-state index contributed by atoms with van der Waals surface area (Å²) in [6.07, 6.45) is 2.00. The molecule has 2 heterocycles. The monoisotopic (exact) mass is 463 g/mol. The highest BCUT2D eigenvalue weighted by Gasteiger charge is 2.60. The topological polar surface area (TPSA) is 101 Å². The van der Waals surface area contributed by atoms with Gasteiger partial charge in [-0.2, -0.15) is 0 Å². The van der Waals surface area contributed by atoms with Gasteiger partial charge in [-0.15, -0.1) is 0 Å². The predicted molar refractivity (Wildman–Crippen MR) is 114 cm³/mol. The average Bonchev–Trinajstić information content (AvgIpc) is 3.46. The van der Waals surface area contributed by atoms with Crippen LogP contribution in [-0.2, 0) is 16.8 Å². The van der Waals surface area contributed by atoms with Crippen molar-refractivity contribution in [3.05, 3.63) is 62.3 Å². The third kappa shape index (κ3) is 3.45. The van der Waals surface area contributed by atoms with E-state index in [0.717, 1.165) is 0 Å². The molecule has 1 aliphatic heterocycles. The number of amides is 2. The Labute approximate surface area is 188 Å². The molecule has 0 radical (unpaired) electrons. The van der Waals surface area contributed by atoms with Crippen molar-refractivity contribution in [2.24, 2.45) is 5.92 Å². The van der Waals surface area contributed by atoms with E-state index in [4.69, 9.17) is 16.3 Å². The molecule has 170 valence electrons. The van der Waals surface area contributed by atoms with E-state index in [2.05, 4.69) is 5.32 Å². The number of aromatic hydroxyl groups is 1. The normalized spacial score (nSPS) is 21.6. The van der Waals surface area contributed by atoms with Gasteiger partial charge in [0, 0.05) is 44.4 Å². The van der Waals surface area contributed by atoms with E-state index < -0.39 is 34.3 Å². The molecule has 8 nitrogen and oxygen atoms in total. The third-order valence-electron chi connectivity index (χ3n) is 6.28. The number of nitrogens with zero attached hydrogens (tertiary/aromatic N) is 2. The van der Waals surface area contributed by atoms with Crippen molar-refractivity contribution < 1.29 is 23.8 Å². The number of rotatable bonds is 6. The van der Waals surface area contributed by atoms with Crippen LogP contribution in [0.4, 0.5) is 4.39 Å². The van der Waals surface area contributed by atoms with Crippen LogP contribution in [0.15, 0.2) is 29.2 Å². The maximum Gasteiger partial charge on any atom is 0.274 e. The lowest BCUT2D eigenvalue weighted by atomic mass is 10.0. The summed E-state index contributed by atoms with van der Waals surface area (Å²) in [4.78, 5) is 40.0. The molecule has 0 bridgehead atoms. The molecule has 1 spiro atoms. The lowest BCUT2D eigenvalue weighted by Crippen LogP contribution is -2.49. The molecular weight excluding hydrogens is 441 g/mol. The zero-order valence-corrected chi connectivity index (χ0v) is 18.4. The van der Waals surface area contributed by atoms with Gasteiger partial charge in [0.15, 0.2) is 11.4 Å². The first-order valence-corrected chi connectivity index (χ1v) is 10.6. The summed E-state index contributed by atoms with van der Waals surface area (Å²) in [6, 6.07) is 4.40. The lowest BCUT2D eigenvalue weighted by molar-refractivity contribution is 0.0622. The highest BCUT2D eigenvalue weighted by molar-refractivity contribution is 6.30. The molecule has 1 aromatic carbocycles. The summed E-state index contributed by atoms with van der Waals surface area (Å²) in [6.45, 7) is 2.86. The summed E-state index contributed by atoms with van der Waals surface area (Å²) in [5, 5.41) is 13.0. The molecule has 2 aliphatic rings. The number of aromatic nitrogens is 1. The Hall–Kier alpha value is -2.91. The van der Waals surface area contributed by atoms with Gasteiger partial charge in [0.2, 0.25) is 5.43 Å². The largest absolute Gasteiger partial charge is 0.503 e. The average molecular weight is 464 g/mol. The summed E-state index contributed by atoms with van der Waals surface area (Å²) in [5.74, 6) is -2.62. The van der Waals surface area contributed by atoms with Gasteiger partial charge >= 0.3 is 0 Å². The maximum atomic E-state index is 14.1. The third-order valence-corrected chi connectivity index (χ3v) is 6.57. The van der Waals surface area contributed by atoms with Crippen LogP contribution in [0.25, 0.3) is 0 Å². The number of likely N-dealkylation sites (N-methyl/N-ethyl adjacent to an activating group) is 1. The Bertz CT molecular complexity index is 1170. The summed E-state index contributed by atoms with van der Waals surface area (Å²) in [5.41, 5.74) is -1.81. The second-order valence-corrected chi connectivity index (χ2v) is 8.52. The number of carbonyl (C=O) groups excluding carboxylic acids is 2. The number of ether oxygens (including phenoxy) is 1. The van der Waals surface area contributed by atoms with Gasteiger partial charge in [0.25, 0.3) is 11.8 Å². The predicted octanol–water partition coefficient (Wildman–Crippen LogP) is 2.11. The van der Waals surface area contributed by atoms with E-state index in [1.807, 2.05) is 6.92 Å². The van der Waals surface area contributed by atoms with Crippen molar-refractivity contribution in [3.8, 4) is 5.75 Å². The second kappa shape index (κ2) is 8.22. The Morgan fingerprint density at radius 1 is 1.41 bits per heavy atom. The first-order chi connectivity index (χ1) is 15.2. The lowest BCUT2D eigenvalue weighted by Gasteiger charge is -2.37. The molecular formula is C22H23ClFN3O5. The molecule has 2 atom stereocenters. The highest BCUT2D eigenvalue weighted by atomic mass is 35.5. The van der Waals surface area contributed by atoms with Crippen molar-refractivity contribution in [2.45, 2.75) is 25.4 Å². The first kappa shape index (κ1) is 22.3. The van der Waals surface area contributed by atoms with Crippen LogP contribution in [0.2, 0.25) is 5.02 Å². The molecule has 1 aromatic heterocycles. The van der Waals surface area contributed by atoms with E-state index in [-0.39, 0.29) is 34.3 Å². The van der Waals surface area contributed by atoms with E-state index in [9.17, 15) is 23.9 Å².